The largest absolute Gasteiger partial charge is 0.328 e. The maximum atomic E-state index is 13.2. The Morgan fingerprint density at radius 1 is 0.939 bits per heavy atom. The lowest BCUT2D eigenvalue weighted by atomic mass is 9.91. The molecule has 0 aromatic heterocycles. The molecule has 2 saturated carbocycles. The van der Waals surface area contributed by atoms with Crippen molar-refractivity contribution < 1.29 is 8.42 Å². The summed E-state index contributed by atoms with van der Waals surface area (Å²) in [7, 11) is -3.61. The second-order valence-electron chi connectivity index (χ2n) is 9.65. The average Bonchev–Trinajstić information content (AvgIpc) is 3.60. The Balaban J connectivity index is 1.37. The first-order valence-electron chi connectivity index (χ1n) is 12.2. The van der Waals surface area contributed by atoms with Crippen LogP contribution >= 0.6 is 0 Å². The summed E-state index contributed by atoms with van der Waals surface area (Å²) in [4.78, 5) is 0. The van der Waals surface area contributed by atoms with Gasteiger partial charge in [0, 0.05) is 50.2 Å². The highest BCUT2D eigenvalue weighted by atomic mass is 32.2. The Labute approximate surface area is 197 Å². The number of nitrogens with one attached hydrogen (secondary N) is 3. The van der Waals surface area contributed by atoms with Crippen molar-refractivity contribution in [2.75, 3.05) is 30.9 Å². The van der Waals surface area contributed by atoms with E-state index in [9.17, 15) is 8.42 Å². The second-order valence-corrected chi connectivity index (χ2v) is 11.3. The van der Waals surface area contributed by atoms with Crippen LogP contribution in [0, 0.1) is 0 Å². The fraction of sp³-hybridized carbons (Fsp3) is 0.520. The van der Waals surface area contributed by atoms with Gasteiger partial charge in [-0.2, -0.15) is 12.7 Å². The van der Waals surface area contributed by atoms with Crippen LogP contribution in [0.4, 0.5) is 5.69 Å². The summed E-state index contributed by atoms with van der Waals surface area (Å²) in [6.07, 6.45) is 5.45. The molecule has 2 aliphatic carbocycles. The lowest BCUT2D eigenvalue weighted by molar-refractivity contribution is 0.339. The topological polar surface area (TPSA) is 99.5 Å². The smallest absolute Gasteiger partial charge is 0.301 e. The number of anilines is 1. The van der Waals surface area contributed by atoms with E-state index in [2.05, 4.69) is 39.6 Å². The van der Waals surface area contributed by atoms with Crippen LogP contribution in [0.25, 0.3) is 11.1 Å². The molecule has 7 nitrogen and oxygen atoms in total. The van der Waals surface area contributed by atoms with E-state index in [1.807, 2.05) is 24.3 Å². The number of rotatable bonds is 7. The standard InChI is InChI=1S/C25H35N5O2S/c26-20-7-9-21(10-8-20)28-24-17-23(24)22-11-6-19(18-4-2-1-3-5-18)16-25(22)29-33(31,32)30-14-12-27-13-15-30/h1-6,11,16,20-21,23-24,27-29H,7-10,12-15,17,26H2/t20-,21+,23-,24+/m1/s1. The van der Waals surface area contributed by atoms with Crippen molar-refractivity contribution >= 4 is 15.9 Å². The summed E-state index contributed by atoms with van der Waals surface area (Å²) in [5.74, 6) is 0.325. The zero-order valence-electron chi connectivity index (χ0n) is 19.0. The monoisotopic (exact) mass is 469 g/mol. The van der Waals surface area contributed by atoms with Crippen molar-refractivity contribution in [2.45, 2.75) is 56.1 Å². The quantitative estimate of drug-likeness (QED) is 0.500. The molecule has 178 valence electrons. The molecule has 0 radical (unpaired) electrons. The van der Waals surface area contributed by atoms with Crippen LogP contribution in [0.2, 0.25) is 0 Å². The Bertz CT molecular complexity index is 1050. The van der Waals surface area contributed by atoms with Gasteiger partial charge in [0.25, 0.3) is 0 Å². The summed E-state index contributed by atoms with van der Waals surface area (Å²) in [5, 5.41) is 7.03. The van der Waals surface area contributed by atoms with Gasteiger partial charge < -0.3 is 16.4 Å². The first kappa shape index (κ1) is 22.8. The lowest BCUT2D eigenvalue weighted by Gasteiger charge is -2.28. The SMILES string of the molecule is N[C@H]1CC[C@@H](N[C@H]2C[C@@H]2c2ccc(-c3ccccc3)cc2NS(=O)(=O)N2CCNCC2)CC1. The van der Waals surface area contributed by atoms with Gasteiger partial charge in [0.2, 0.25) is 0 Å². The maximum absolute atomic E-state index is 13.2. The molecule has 3 aliphatic rings. The van der Waals surface area contributed by atoms with Gasteiger partial charge in [0.15, 0.2) is 0 Å². The molecule has 0 bridgehead atoms. The summed E-state index contributed by atoms with van der Waals surface area (Å²) < 4.78 is 30.9. The molecule has 1 saturated heterocycles. The van der Waals surface area contributed by atoms with E-state index in [0.717, 1.165) is 48.8 Å². The van der Waals surface area contributed by atoms with Crippen LogP contribution in [0.1, 0.15) is 43.6 Å². The first-order chi connectivity index (χ1) is 16.0. The van der Waals surface area contributed by atoms with Gasteiger partial charge in [-0.05, 0) is 54.9 Å². The highest BCUT2D eigenvalue weighted by molar-refractivity contribution is 7.90. The molecule has 8 heteroatoms. The average molecular weight is 470 g/mol. The highest BCUT2D eigenvalue weighted by Crippen LogP contribution is 2.46. The molecule has 5 rings (SSSR count). The fourth-order valence-corrected chi connectivity index (χ4v) is 6.42. The second kappa shape index (κ2) is 9.72. The molecular weight excluding hydrogens is 434 g/mol. The van der Waals surface area contributed by atoms with Crippen molar-refractivity contribution in [1.82, 2.24) is 14.9 Å². The van der Waals surface area contributed by atoms with Gasteiger partial charge >= 0.3 is 10.2 Å². The molecule has 0 spiro atoms. The summed E-state index contributed by atoms with van der Waals surface area (Å²) in [5.41, 5.74) is 9.95. The van der Waals surface area contributed by atoms with E-state index in [-0.39, 0.29) is 0 Å². The van der Waals surface area contributed by atoms with Crippen molar-refractivity contribution in [2.24, 2.45) is 5.73 Å². The van der Waals surface area contributed by atoms with Gasteiger partial charge in [0.1, 0.15) is 0 Å². The zero-order valence-corrected chi connectivity index (χ0v) is 19.9. The molecule has 5 N–H and O–H groups in total. The normalized spacial score (nSPS) is 28.4. The molecule has 2 atom stereocenters. The van der Waals surface area contributed by atoms with Crippen LogP contribution < -0.4 is 21.1 Å². The van der Waals surface area contributed by atoms with Crippen molar-refractivity contribution in [3.8, 4) is 11.1 Å². The molecule has 2 aromatic rings. The summed E-state index contributed by atoms with van der Waals surface area (Å²) in [6.45, 7) is 2.33. The Morgan fingerprint density at radius 2 is 1.67 bits per heavy atom. The molecule has 1 aliphatic heterocycles. The maximum Gasteiger partial charge on any atom is 0.301 e. The fourth-order valence-electron chi connectivity index (χ4n) is 5.18. The Hall–Kier alpha value is -1.97. The predicted molar refractivity (Wildman–Crippen MR) is 133 cm³/mol. The zero-order chi connectivity index (χ0) is 22.8. The third kappa shape index (κ3) is 5.41. The molecule has 0 amide bonds. The Kier molecular flexibility index (Phi) is 6.72. The van der Waals surface area contributed by atoms with Crippen LogP contribution in [-0.4, -0.2) is 57.0 Å². The molecule has 33 heavy (non-hydrogen) atoms. The number of hydrogen-bond acceptors (Lipinski definition) is 5. The minimum Gasteiger partial charge on any atom is -0.328 e. The van der Waals surface area contributed by atoms with E-state index in [1.165, 1.54) is 4.31 Å². The molecular formula is C25H35N5O2S. The number of nitrogens with zero attached hydrogens (tertiary/aromatic N) is 1. The van der Waals surface area contributed by atoms with Crippen LogP contribution in [-0.2, 0) is 10.2 Å². The number of nitrogens with two attached hydrogens (primary N) is 1. The minimum absolute atomic E-state index is 0.325. The van der Waals surface area contributed by atoms with E-state index >= 15 is 0 Å². The van der Waals surface area contributed by atoms with Gasteiger partial charge in [-0.3, -0.25) is 4.72 Å². The summed E-state index contributed by atoms with van der Waals surface area (Å²) in [6, 6.07) is 17.6. The minimum atomic E-state index is -3.61. The van der Waals surface area contributed by atoms with Crippen LogP contribution in [0.5, 0.6) is 0 Å². The third-order valence-corrected chi connectivity index (χ3v) is 8.75. The molecule has 3 fully saturated rings. The van der Waals surface area contributed by atoms with Gasteiger partial charge in [0.05, 0.1) is 5.69 Å². The van der Waals surface area contributed by atoms with Crippen molar-refractivity contribution in [3.05, 3.63) is 54.1 Å². The predicted octanol–water partition coefficient (Wildman–Crippen LogP) is 2.63. The van der Waals surface area contributed by atoms with E-state index in [4.69, 9.17) is 5.73 Å². The number of hydrogen-bond donors (Lipinski definition) is 4. The van der Waals surface area contributed by atoms with Crippen LogP contribution in [0.15, 0.2) is 48.5 Å². The number of piperazine rings is 1. The first-order valence-corrected chi connectivity index (χ1v) is 13.6. The van der Waals surface area contributed by atoms with Crippen molar-refractivity contribution in [3.63, 3.8) is 0 Å². The third-order valence-electron chi connectivity index (χ3n) is 7.23. The molecule has 1 heterocycles. The number of benzene rings is 2. The van der Waals surface area contributed by atoms with Crippen LogP contribution in [0.3, 0.4) is 0 Å². The van der Waals surface area contributed by atoms with Gasteiger partial charge in [-0.15, -0.1) is 0 Å². The van der Waals surface area contributed by atoms with Gasteiger partial charge in [-0.25, -0.2) is 0 Å². The molecule has 2 aromatic carbocycles. The molecule has 0 unspecified atom stereocenters. The van der Waals surface area contributed by atoms with E-state index in [1.54, 1.807) is 0 Å². The summed E-state index contributed by atoms with van der Waals surface area (Å²) >= 11 is 0. The van der Waals surface area contributed by atoms with Gasteiger partial charge in [-0.1, -0.05) is 42.5 Å². The Morgan fingerprint density at radius 3 is 2.39 bits per heavy atom. The highest BCUT2D eigenvalue weighted by Gasteiger charge is 2.41. The van der Waals surface area contributed by atoms with E-state index in [0.29, 0.717) is 55.9 Å². The lowest BCUT2D eigenvalue weighted by Crippen LogP contribution is -2.48. The van der Waals surface area contributed by atoms with E-state index < -0.39 is 10.2 Å². The van der Waals surface area contributed by atoms with Crippen molar-refractivity contribution in [1.29, 1.82) is 0 Å².